The second kappa shape index (κ2) is 11.2. The van der Waals surface area contributed by atoms with Gasteiger partial charge in [-0.15, -0.1) is 0 Å². The van der Waals surface area contributed by atoms with Gasteiger partial charge in [0.25, 0.3) is 0 Å². The van der Waals surface area contributed by atoms with Gasteiger partial charge in [0.05, 0.1) is 0 Å². The summed E-state index contributed by atoms with van der Waals surface area (Å²) in [5.74, 6) is 3.19. The average Bonchev–Trinajstić information content (AvgIpc) is 2.75. The van der Waals surface area contributed by atoms with Gasteiger partial charge in [0.15, 0.2) is 0 Å². The van der Waals surface area contributed by atoms with Crippen LogP contribution in [0.15, 0.2) is 78.9 Å². The van der Waals surface area contributed by atoms with Crippen molar-refractivity contribution in [1.29, 1.82) is 0 Å². The van der Waals surface area contributed by atoms with Crippen LogP contribution in [0.3, 0.4) is 0 Å². The molecule has 0 radical (unpaired) electrons. The van der Waals surface area contributed by atoms with Gasteiger partial charge in [-0.1, -0.05) is 94.4 Å². The predicted octanol–water partition coefficient (Wildman–Crippen LogP) is 8.59. The molecule has 0 spiro atoms. The lowest BCUT2D eigenvalue weighted by Gasteiger charge is -2.26. The summed E-state index contributed by atoms with van der Waals surface area (Å²) < 4.78 is 13.1. The number of aryl methyl sites for hydroxylation is 1. The van der Waals surface area contributed by atoms with E-state index in [-0.39, 0.29) is 0 Å². The first-order valence-corrected chi connectivity index (χ1v) is 15.0. The topological polar surface area (TPSA) is 18.5 Å². The molecule has 0 atom stereocenters. The highest BCUT2D eigenvalue weighted by Gasteiger charge is 2.27. The molecule has 0 aliphatic rings. The quantitative estimate of drug-likeness (QED) is 0.276. The minimum Gasteiger partial charge on any atom is -0.428 e. The van der Waals surface area contributed by atoms with E-state index < -0.39 is 5.69 Å². The third-order valence-corrected chi connectivity index (χ3v) is 9.87. The molecule has 31 heavy (non-hydrogen) atoms. The molecule has 0 amide bonds. The molecule has 0 saturated carbocycles. The summed E-state index contributed by atoms with van der Waals surface area (Å²) in [4.78, 5) is 0. The maximum atomic E-state index is 6.54. The minimum atomic E-state index is -2.68. The first-order chi connectivity index (χ1) is 14.9. The molecule has 0 unspecified atom stereocenters. The Morgan fingerprint density at radius 2 is 1.16 bits per heavy atom. The van der Waals surface area contributed by atoms with Gasteiger partial charge in [0.2, 0.25) is 0 Å². The van der Waals surface area contributed by atoms with Crippen LogP contribution in [-0.4, -0.2) is 5.75 Å². The third kappa shape index (κ3) is 6.87. The van der Waals surface area contributed by atoms with Gasteiger partial charge in [0, 0.05) is 5.75 Å². The van der Waals surface area contributed by atoms with E-state index in [0.29, 0.717) is 11.8 Å². The normalized spacial score (nSPS) is 11.7. The fraction of sp³-hybridized carbons (Fsp3) is 0.308. The van der Waals surface area contributed by atoms with Crippen LogP contribution < -0.4 is 9.05 Å². The van der Waals surface area contributed by atoms with E-state index in [1.807, 2.05) is 42.5 Å². The Hall–Kier alpha value is -1.74. The van der Waals surface area contributed by atoms with Crippen LogP contribution >= 0.6 is 17.1 Å². The molecule has 0 bridgehead atoms. The van der Waals surface area contributed by atoms with Gasteiger partial charge in [-0.25, -0.2) is 0 Å². The summed E-state index contributed by atoms with van der Waals surface area (Å²) in [6, 6.07) is 26.8. The van der Waals surface area contributed by atoms with Crippen LogP contribution in [0.2, 0.25) is 0 Å². The Balaban J connectivity index is 1.87. The highest BCUT2D eigenvalue weighted by molar-refractivity contribution is 8.68. The molecular formula is C26H31O2PS2. The van der Waals surface area contributed by atoms with E-state index in [9.17, 15) is 0 Å². The average molecular weight is 471 g/mol. The van der Waals surface area contributed by atoms with E-state index in [0.717, 1.165) is 34.8 Å². The molecule has 2 nitrogen and oxygen atoms in total. The van der Waals surface area contributed by atoms with Crippen molar-refractivity contribution >= 4 is 28.9 Å². The van der Waals surface area contributed by atoms with Crippen molar-refractivity contribution in [1.82, 2.24) is 0 Å². The predicted molar refractivity (Wildman–Crippen MR) is 139 cm³/mol. The summed E-state index contributed by atoms with van der Waals surface area (Å²) in [7, 11) is 0. The van der Waals surface area contributed by atoms with Crippen molar-refractivity contribution in [2.45, 2.75) is 46.0 Å². The van der Waals surface area contributed by atoms with Crippen molar-refractivity contribution in [2.75, 3.05) is 5.75 Å². The Morgan fingerprint density at radius 3 is 1.65 bits per heavy atom. The van der Waals surface area contributed by atoms with E-state index in [1.54, 1.807) is 11.4 Å². The molecule has 5 heteroatoms. The first kappa shape index (κ1) is 23.9. The number of hydrogen-bond donors (Lipinski definition) is 0. The fourth-order valence-electron chi connectivity index (χ4n) is 3.31. The Labute approximate surface area is 196 Å². The van der Waals surface area contributed by atoms with Crippen LogP contribution in [0, 0.1) is 0 Å². The zero-order valence-corrected chi connectivity index (χ0v) is 21.2. The van der Waals surface area contributed by atoms with Crippen molar-refractivity contribution in [3.8, 4) is 11.5 Å². The van der Waals surface area contributed by atoms with Gasteiger partial charge in [-0.3, -0.25) is 0 Å². The molecule has 0 aromatic heterocycles. The molecular weight excluding hydrogens is 439 g/mol. The Morgan fingerprint density at radius 1 is 0.710 bits per heavy atom. The largest absolute Gasteiger partial charge is 0.428 e. The lowest BCUT2D eigenvalue weighted by Crippen LogP contribution is -2.04. The Bertz CT molecular complexity index is 961. The van der Waals surface area contributed by atoms with Crippen molar-refractivity contribution < 1.29 is 9.05 Å². The molecule has 3 aromatic rings. The maximum Gasteiger partial charge on any atom is 0.348 e. The zero-order chi connectivity index (χ0) is 22.3. The van der Waals surface area contributed by atoms with E-state index in [4.69, 9.17) is 20.9 Å². The molecule has 0 heterocycles. The third-order valence-electron chi connectivity index (χ3n) is 4.99. The van der Waals surface area contributed by atoms with Gasteiger partial charge in [0.1, 0.15) is 11.5 Å². The standard InChI is InChI=1S/C26H31O2PS2/c1-20(2)23-14-8-10-16-25(23)27-29(30,31-19-18-22-12-6-5-7-13-22)28-26-17-11-9-15-24(26)21(3)4/h5-17,20-21H,18-19H2,1-4H3. The summed E-state index contributed by atoms with van der Waals surface area (Å²) in [6.07, 6.45) is 0.925. The first-order valence-electron chi connectivity index (χ1n) is 10.7. The number of benzene rings is 3. The SMILES string of the molecule is CC(C)c1ccccc1OP(=S)(Oc1ccccc1C(C)C)SCCc1ccccc1. The van der Waals surface area contributed by atoms with Gasteiger partial charge >= 0.3 is 5.69 Å². The van der Waals surface area contributed by atoms with E-state index in [1.165, 1.54) is 5.56 Å². The minimum absolute atomic E-state index is 0.344. The molecule has 0 saturated heterocycles. The summed E-state index contributed by atoms with van der Waals surface area (Å²) in [5, 5.41) is 0. The lowest BCUT2D eigenvalue weighted by atomic mass is 10.0. The van der Waals surface area contributed by atoms with Crippen molar-refractivity contribution in [2.24, 2.45) is 0 Å². The van der Waals surface area contributed by atoms with Crippen LogP contribution in [-0.2, 0) is 18.2 Å². The maximum absolute atomic E-state index is 6.54. The van der Waals surface area contributed by atoms with Crippen LogP contribution in [0.5, 0.6) is 11.5 Å². The fourth-order valence-corrected chi connectivity index (χ4v) is 7.72. The molecule has 0 aliphatic heterocycles. The molecule has 0 fully saturated rings. The van der Waals surface area contributed by atoms with Crippen molar-refractivity contribution in [3.63, 3.8) is 0 Å². The number of para-hydroxylation sites is 2. The summed E-state index contributed by atoms with van der Waals surface area (Å²) >= 11 is 7.73. The second-order valence-corrected chi connectivity index (χ2v) is 14.4. The number of rotatable bonds is 10. The number of hydrogen-bond acceptors (Lipinski definition) is 4. The smallest absolute Gasteiger partial charge is 0.348 e. The molecule has 3 aromatic carbocycles. The highest BCUT2D eigenvalue weighted by Crippen LogP contribution is 2.61. The monoisotopic (exact) mass is 470 g/mol. The summed E-state index contributed by atoms with van der Waals surface area (Å²) in [6.45, 7) is 8.68. The second-order valence-electron chi connectivity index (χ2n) is 8.08. The van der Waals surface area contributed by atoms with Crippen LogP contribution in [0.1, 0.15) is 56.2 Å². The van der Waals surface area contributed by atoms with Crippen molar-refractivity contribution in [3.05, 3.63) is 95.6 Å². The molecule has 0 N–H and O–H groups in total. The highest BCUT2D eigenvalue weighted by atomic mass is 32.9. The Kier molecular flexibility index (Phi) is 8.66. The van der Waals surface area contributed by atoms with Gasteiger partial charge in [-0.05, 0) is 70.3 Å². The van der Waals surface area contributed by atoms with Crippen LogP contribution in [0.4, 0.5) is 0 Å². The van der Waals surface area contributed by atoms with E-state index >= 15 is 0 Å². The van der Waals surface area contributed by atoms with Gasteiger partial charge < -0.3 is 9.05 Å². The zero-order valence-electron chi connectivity index (χ0n) is 18.7. The molecule has 3 rings (SSSR count). The van der Waals surface area contributed by atoms with Gasteiger partial charge in [-0.2, -0.15) is 0 Å². The summed E-state index contributed by atoms with van der Waals surface area (Å²) in [5.41, 5.74) is 0.918. The molecule has 0 aliphatic carbocycles. The van der Waals surface area contributed by atoms with E-state index in [2.05, 4.69) is 64.1 Å². The van der Waals surface area contributed by atoms with Crippen LogP contribution in [0.25, 0.3) is 0 Å². The lowest BCUT2D eigenvalue weighted by molar-refractivity contribution is 0.495. The molecule has 164 valence electrons.